The Morgan fingerprint density at radius 2 is 0.857 bits per heavy atom. The first-order valence-corrected chi connectivity index (χ1v) is 2.68. The Hall–Kier alpha value is 1.32. The molecule has 0 rings (SSSR count). The van der Waals surface area contributed by atoms with E-state index in [1.165, 1.54) is 0 Å². The van der Waals surface area contributed by atoms with Gasteiger partial charge in [0.05, 0.1) is 0 Å². The molecule has 0 aromatic heterocycles. The second kappa shape index (κ2) is 5.45. The van der Waals surface area contributed by atoms with Crippen LogP contribution >= 0.6 is 0 Å². The average Bonchev–Trinajstić information content (AvgIpc) is 0.722. The normalized spacial score (nSPS) is 8.57. The van der Waals surface area contributed by atoms with E-state index < -0.39 is 9.05 Å². The molecule has 0 atom stereocenters. The Kier molecular flexibility index (Phi) is 12.3. The molecule has 0 radical (unpaired) electrons. The Labute approximate surface area is 72.9 Å². The van der Waals surface area contributed by atoms with Crippen LogP contribution in [0.1, 0.15) is 7.43 Å². The molecule has 0 amide bonds. The van der Waals surface area contributed by atoms with Gasteiger partial charge in [0.15, 0.2) is 0 Å². The third kappa shape index (κ3) is 119. The van der Waals surface area contributed by atoms with Crippen molar-refractivity contribution in [3.05, 3.63) is 0 Å². The molecular weight excluding hydrogens is 144 g/mol. The summed E-state index contributed by atoms with van der Waals surface area (Å²) in [4.78, 5) is 29.3. The fourth-order valence-electron chi connectivity index (χ4n) is 0. The van der Waals surface area contributed by atoms with E-state index in [0.29, 0.717) is 0 Å². The van der Waals surface area contributed by atoms with Gasteiger partial charge in [0.2, 0.25) is 0 Å². The Morgan fingerprint density at radius 1 is 0.857 bits per heavy atom. The van der Waals surface area contributed by atoms with Gasteiger partial charge in [0, 0.05) is 0 Å². The molecule has 0 aliphatic heterocycles. The van der Waals surface area contributed by atoms with Crippen molar-refractivity contribution in [2.75, 3.05) is 0 Å². The first kappa shape index (κ1) is 15.8. The monoisotopic (exact) mass is 154 g/mol. The van der Waals surface area contributed by atoms with E-state index >= 15 is 0 Å². The van der Waals surface area contributed by atoms with E-state index in [4.69, 9.17) is 19.2 Å². The van der Waals surface area contributed by atoms with Gasteiger partial charge >= 0.3 is 46.8 Å². The van der Waals surface area contributed by atoms with Gasteiger partial charge in [-0.15, -0.1) is 0 Å². The van der Waals surface area contributed by atoms with Gasteiger partial charge in [-0.05, 0) is 0 Å². The predicted molar refractivity (Wildman–Crippen MR) is 29.9 cm³/mol. The minimum absolute atomic E-state index is 0. The van der Waals surface area contributed by atoms with Crippen molar-refractivity contribution in [2.24, 2.45) is 0 Å². The summed E-state index contributed by atoms with van der Waals surface area (Å²) < 4.78 is 0. The van der Waals surface area contributed by atoms with Crippen molar-refractivity contribution in [3.63, 3.8) is 0 Å². The summed E-state index contributed by atoms with van der Waals surface area (Å²) in [6.45, 7) is 0. The molecule has 0 aromatic rings. The summed E-state index contributed by atoms with van der Waals surface area (Å²) >= 11 is 0. The van der Waals surface area contributed by atoms with Crippen LogP contribution in [0.3, 0.4) is 0 Å². The molecule has 7 heavy (non-hydrogen) atoms. The molecule has 6 heteroatoms. The molecule has 0 saturated carbocycles. The van der Waals surface area contributed by atoms with E-state index in [1.54, 1.807) is 0 Å². The van der Waals surface area contributed by atoms with Crippen LogP contribution < -0.4 is 0 Å². The SMILES string of the molecule is C.O[Si](O)(O)O.[CaH2]. The van der Waals surface area contributed by atoms with E-state index in [9.17, 15) is 0 Å². The van der Waals surface area contributed by atoms with E-state index in [0.717, 1.165) is 0 Å². The fraction of sp³-hybridized carbons (Fsp3) is 1.00. The standard InChI is InChI=1S/CH4.Ca.H4O4Si.2H/c;;1-5(2,3)4;;/h1H4;;1-4H;;. The maximum atomic E-state index is 7.33. The van der Waals surface area contributed by atoms with Gasteiger partial charge in [-0.1, -0.05) is 7.43 Å². The third-order valence-corrected chi connectivity index (χ3v) is 0. The molecule has 0 aliphatic carbocycles. The number of hydrogen-bond donors (Lipinski definition) is 4. The molecule has 0 spiro atoms. The second-order valence-corrected chi connectivity index (χ2v) is 1.80. The molecule has 0 bridgehead atoms. The molecule has 4 N–H and O–H groups in total. The number of hydrogen-bond acceptors (Lipinski definition) is 4. The van der Waals surface area contributed by atoms with E-state index in [-0.39, 0.29) is 45.2 Å². The number of rotatable bonds is 0. The maximum absolute atomic E-state index is 7.33. The first-order chi connectivity index (χ1) is 2.00. The molecule has 0 aromatic carbocycles. The van der Waals surface area contributed by atoms with E-state index in [1.807, 2.05) is 0 Å². The summed E-state index contributed by atoms with van der Waals surface area (Å²) in [6, 6.07) is 0. The zero-order valence-corrected chi connectivity index (χ0v) is 3.29. The van der Waals surface area contributed by atoms with Crippen molar-refractivity contribution in [1.29, 1.82) is 0 Å². The van der Waals surface area contributed by atoms with E-state index in [2.05, 4.69) is 0 Å². The summed E-state index contributed by atoms with van der Waals surface area (Å²) in [5.41, 5.74) is 0. The van der Waals surface area contributed by atoms with Crippen LogP contribution in [0.25, 0.3) is 0 Å². The fourth-order valence-corrected chi connectivity index (χ4v) is 0. The van der Waals surface area contributed by atoms with Crippen molar-refractivity contribution in [3.8, 4) is 0 Å². The van der Waals surface area contributed by atoms with Gasteiger partial charge in [0.25, 0.3) is 0 Å². The van der Waals surface area contributed by atoms with Gasteiger partial charge < -0.3 is 19.2 Å². The van der Waals surface area contributed by atoms with Crippen LogP contribution in [0.5, 0.6) is 0 Å². The summed E-state index contributed by atoms with van der Waals surface area (Å²) in [5, 5.41) is 0. The molecule has 0 fully saturated rings. The predicted octanol–water partition coefficient (Wildman–Crippen LogP) is -2.89. The van der Waals surface area contributed by atoms with Crippen molar-refractivity contribution in [2.45, 2.75) is 7.43 Å². The minimum atomic E-state index is -4.61. The zero-order chi connectivity index (χ0) is 4.50. The van der Waals surface area contributed by atoms with Crippen LogP contribution in [0.4, 0.5) is 0 Å². The molecule has 0 unspecified atom stereocenters. The van der Waals surface area contributed by atoms with Crippen LogP contribution in [-0.4, -0.2) is 66.0 Å². The van der Waals surface area contributed by atoms with Crippen molar-refractivity contribution >= 4 is 46.8 Å². The molecule has 0 saturated heterocycles. The van der Waals surface area contributed by atoms with Crippen LogP contribution in [0.2, 0.25) is 0 Å². The zero-order valence-electron chi connectivity index (χ0n) is 2.29. The first-order valence-electron chi connectivity index (χ1n) is 0.894. The Balaban J connectivity index is -0.0000000800. The molecule has 0 aliphatic rings. The van der Waals surface area contributed by atoms with Crippen LogP contribution in [0.15, 0.2) is 0 Å². The second-order valence-electron chi connectivity index (χ2n) is 0.600. The third-order valence-electron chi connectivity index (χ3n) is 0. The van der Waals surface area contributed by atoms with Crippen LogP contribution in [-0.2, 0) is 0 Å². The van der Waals surface area contributed by atoms with Crippen molar-refractivity contribution < 1.29 is 19.2 Å². The molecule has 4 nitrogen and oxygen atoms in total. The summed E-state index contributed by atoms with van der Waals surface area (Å²) in [6.07, 6.45) is 0. The van der Waals surface area contributed by atoms with Gasteiger partial charge in [-0.25, -0.2) is 0 Å². The quantitative estimate of drug-likeness (QED) is 0.282. The molecule has 0 heterocycles. The Morgan fingerprint density at radius 3 is 0.857 bits per heavy atom. The topological polar surface area (TPSA) is 80.9 Å². The summed E-state index contributed by atoms with van der Waals surface area (Å²) in [7, 11) is -4.61. The van der Waals surface area contributed by atoms with Gasteiger partial charge in [-0.3, -0.25) is 0 Å². The Bertz CT molecular complexity index is 27.2. The molecular formula is CH10CaO4Si. The van der Waals surface area contributed by atoms with Gasteiger partial charge in [-0.2, -0.15) is 0 Å². The average molecular weight is 154 g/mol. The van der Waals surface area contributed by atoms with Crippen LogP contribution in [0, 0.1) is 0 Å². The summed E-state index contributed by atoms with van der Waals surface area (Å²) in [5.74, 6) is 0. The van der Waals surface area contributed by atoms with Crippen molar-refractivity contribution in [1.82, 2.24) is 0 Å². The van der Waals surface area contributed by atoms with Gasteiger partial charge in [0.1, 0.15) is 0 Å². The molecule has 44 valence electrons.